The highest BCUT2D eigenvalue weighted by Gasteiger charge is 2.20. The lowest BCUT2D eigenvalue weighted by Crippen LogP contribution is -2.14. The third-order valence-corrected chi connectivity index (χ3v) is 3.40. The number of anilines is 1. The van der Waals surface area contributed by atoms with Gasteiger partial charge in [0.1, 0.15) is 10.4 Å². The number of nitrogens with zero attached hydrogens (tertiary/aromatic N) is 2. The Bertz CT molecular complexity index is 632. The molecule has 0 aliphatic rings. The first-order chi connectivity index (χ1) is 9.04. The van der Waals surface area contributed by atoms with Crippen molar-refractivity contribution in [2.75, 3.05) is 5.32 Å². The topological polar surface area (TPSA) is 108 Å². The molecule has 7 nitrogen and oxygen atoms in total. The highest BCUT2D eigenvalue weighted by Crippen LogP contribution is 2.21. The number of carbonyl (C=O) groups excluding carboxylic acids is 1. The van der Waals surface area contributed by atoms with Gasteiger partial charge in [0.25, 0.3) is 5.91 Å². The van der Waals surface area contributed by atoms with E-state index in [0.717, 1.165) is 11.5 Å². The molecule has 0 aromatic carbocycles. The Morgan fingerprint density at radius 3 is 2.89 bits per heavy atom. The lowest BCUT2D eigenvalue weighted by atomic mass is 10.2. The molecule has 2 rings (SSSR count). The first-order valence-corrected chi connectivity index (χ1v) is 6.35. The number of aromatic amines is 1. The molecule has 0 radical (unpaired) electrons. The standard InChI is InChI=1S/C11H12N4O3S/c1-3-6-9(19-15-14-6)10(16)13-7-4-12-5(2)8(7)11(17)18/h4,12H,3H2,1-2H3,(H,13,16)(H,17,18). The van der Waals surface area contributed by atoms with Gasteiger partial charge in [0.2, 0.25) is 0 Å². The molecule has 0 aliphatic heterocycles. The summed E-state index contributed by atoms with van der Waals surface area (Å²) in [6, 6.07) is 0. The molecule has 2 aromatic rings. The number of nitrogens with one attached hydrogen (secondary N) is 2. The molecule has 2 aromatic heterocycles. The number of aromatic carboxylic acids is 1. The van der Waals surface area contributed by atoms with E-state index in [1.165, 1.54) is 6.20 Å². The monoisotopic (exact) mass is 280 g/mol. The van der Waals surface area contributed by atoms with Gasteiger partial charge in [-0.1, -0.05) is 11.4 Å². The maximum atomic E-state index is 12.1. The summed E-state index contributed by atoms with van der Waals surface area (Å²) in [6.45, 7) is 3.50. The van der Waals surface area contributed by atoms with Crippen molar-refractivity contribution in [2.45, 2.75) is 20.3 Å². The average molecular weight is 280 g/mol. The second kappa shape index (κ2) is 5.19. The van der Waals surface area contributed by atoms with E-state index in [-0.39, 0.29) is 11.3 Å². The molecule has 3 N–H and O–H groups in total. The fourth-order valence-electron chi connectivity index (χ4n) is 1.69. The number of H-pyrrole nitrogens is 1. The lowest BCUT2D eigenvalue weighted by Gasteiger charge is -2.03. The smallest absolute Gasteiger partial charge is 0.339 e. The summed E-state index contributed by atoms with van der Waals surface area (Å²) >= 11 is 0.992. The van der Waals surface area contributed by atoms with Crippen LogP contribution in [0.25, 0.3) is 0 Å². The molecule has 0 saturated heterocycles. The fraction of sp³-hybridized carbons (Fsp3) is 0.273. The molecule has 19 heavy (non-hydrogen) atoms. The summed E-state index contributed by atoms with van der Waals surface area (Å²) < 4.78 is 3.73. The van der Waals surface area contributed by atoms with Gasteiger partial charge in [-0.05, 0) is 24.9 Å². The van der Waals surface area contributed by atoms with E-state index in [9.17, 15) is 9.59 Å². The van der Waals surface area contributed by atoms with Gasteiger partial charge in [-0.25, -0.2) is 4.79 Å². The van der Waals surface area contributed by atoms with Gasteiger partial charge in [-0.2, -0.15) is 0 Å². The Labute approximate surface area is 112 Å². The highest BCUT2D eigenvalue weighted by molar-refractivity contribution is 7.08. The second-order valence-corrected chi connectivity index (χ2v) is 4.62. The number of carbonyl (C=O) groups is 2. The first kappa shape index (κ1) is 13.2. The zero-order chi connectivity index (χ0) is 14.0. The molecule has 1 amide bonds. The largest absolute Gasteiger partial charge is 0.478 e. The Hall–Kier alpha value is -2.22. The maximum absolute atomic E-state index is 12.1. The number of rotatable bonds is 4. The van der Waals surface area contributed by atoms with Gasteiger partial charge in [-0.15, -0.1) is 5.10 Å². The summed E-state index contributed by atoms with van der Waals surface area (Å²) in [5, 5.41) is 15.5. The molecule has 0 spiro atoms. The number of amides is 1. The highest BCUT2D eigenvalue weighted by atomic mass is 32.1. The predicted octanol–water partition coefficient (Wildman–Crippen LogP) is 1.69. The van der Waals surface area contributed by atoms with Crippen LogP contribution in [-0.2, 0) is 6.42 Å². The van der Waals surface area contributed by atoms with Crippen molar-refractivity contribution in [3.8, 4) is 0 Å². The van der Waals surface area contributed by atoms with E-state index in [4.69, 9.17) is 5.11 Å². The summed E-state index contributed by atoms with van der Waals surface area (Å²) in [6.07, 6.45) is 2.05. The van der Waals surface area contributed by atoms with Crippen molar-refractivity contribution < 1.29 is 14.7 Å². The average Bonchev–Trinajstić information content (AvgIpc) is 2.95. The summed E-state index contributed by atoms with van der Waals surface area (Å²) in [5.74, 6) is -1.49. The van der Waals surface area contributed by atoms with Crippen LogP contribution in [0.4, 0.5) is 5.69 Å². The predicted molar refractivity (Wildman–Crippen MR) is 69.7 cm³/mol. The minimum absolute atomic E-state index is 0.0591. The van der Waals surface area contributed by atoms with Crippen molar-refractivity contribution in [1.82, 2.24) is 14.6 Å². The van der Waals surface area contributed by atoms with Crippen LogP contribution in [0.3, 0.4) is 0 Å². The number of aromatic nitrogens is 3. The van der Waals surface area contributed by atoms with Gasteiger partial charge < -0.3 is 15.4 Å². The van der Waals surface area contributed by atoms with E-state index in [2.05, 4.69) is 19.9 Å². The molecule has 0 unspecified atom stereocenters. The van der Waals surface area contributed by atoms with Crippen molar-refractivity contribution in [3.63, 3.8) is 0 Å². The SMILES string of the molecule is CCc1nnsc1C(=O)Nc1c[nH]c(C)c1C(=O)O. The Balaban J connectivity index is 2.27. The molecular weight excluding hydrogens is 268 g/mol. The van der Waals surface area contributed by atoms with E-state index < -0.39 is 11.9 Å². The third kappa shape index (κ3) is 2.48. The Morgan fingerprint density at radius 2 is 2.26 bits per heavy atom. The van der Waals surface area contributed by atoms with Crippen LogP contribution in [0.1, 0.15) is 38.3 Å². The van der Waals surface area contributed by atoms with E-state index in [0.29, 0.717) is 22.7 Å². The minimum atomic E-state index is -1.09. The first-order valence-electron chi connectivity index (χ1n) is 5.58. The number of aryl methyl sites for hydroxylation is 2. The van der Waals surface area contributed by atoms with E-state index in [1.54, 1.807) is 6.92 Å². The van der Waals surface area contributed by atoms with E-state index >= 15 is 0 Å². The third-order valence-electron chi connectivity index (χ3n) is 2.64. The van der Waals surface area contributed by atoms with Crippen molar-refractivity contribution in [1.29, 1.82) is 0 Å². The van der Waals surface area contributed by atoms with Crippen LogP contribution in [0.5, 0.6) is 0 Å². The maximum Gasteiger partial charge on any atom is 0.339 e. The Kier molecular flexibility index (Phi) is 3.61. The quantitative estimate of drug-likeness (QED) is 0.789. The fourth-order valence-corrected chi connectivity index (χ4v) is 2.34. The van der Waals surface area contributed by atoms with Crippen molar-refractivity contribution in [3.05, 3.63) is 28.0 Å². The Morgan fingerprint density at radius 1 is 1.53 bits per heavy atom. The summed E-state index contributed by atoms with van der Waals surface area (Å²) in [4.78, 5) is 26.3. The molecule has 0 fully saturated rings. The zero-order valence-corrected chi connectivity index (χ0v) is 11.2. The molecule has 100 valence electrons. The van der Waals surface area contributed by atoms with Crippen molar-refractivity contribution in [2.24, 2.45) is 0 Å². The van der Waals surface area contributed by atoms with Gasteiger partial charge in [-0.3, -0.25) is 4.79 Å². The number of carboxylic acid groups (broad SMARTS) is 1. The lowest BCUT2D eigenvalue weighted by molar-refractivity contribution is 0.0697. The second-order valence-electron chi connectivity index (χ2n) is 3.86. The molecule has 2 heterocycles. The van der Waals surface area contributed by atoms with Gasteiger partial charge in [0, 0.05) is 11.9 Å². The van der Waals surface area contributed by atoms with Crippen LogP contribution in [0, 0.1) is 6.92 Å². The number of hydrogen-bond donors (Lipinski definition) is 3. The molecule has 0 bridgehead atoms. The van der Waals surface area contributed by atoms with Crippen molar-refractivity contribution >= 4 is 29.1 Å². The van der Waals surface area contributed by atoms with Gasteiger partial charge >= 0.3 is 5.97 Å². The van der Waals surface area contributed by atoms with E-state index in [1.807, 2.05) is 6.92 Å². The van der Waals surface area contributed by atoms with Crippen LogP contribution >= 0.6 is 11.5 Å². The molecule has 0 aliphatic carbocycles. The normalized spacial score (nSPS) is 10.4. The number of carboxylic acids is 1. The molecule has 0 atom stereocenters. The van der Waals surface area contributed by atoms with Crippen LogP contribution in [0.15, 0.2) is 6.20 Å². The molecular formula is C11H12N4O3S. The van der Waals surface area contributed by atoms with Crippen LogP contribution < -0.4 is 5.32 Å². The summed E-state index contributed by atoms with van der Waals surface area (Å²) in [7, 11) is 0. The molecule has 8 heteroatoms. The minimum Gasteiger partial charge on any atom is -0.478 e. The summed E-state index contributed by atoms with van der Waals surface area (Å²) in [5.41, 5.74) is 1.39. The van der Waals surface area contributed by atoms with Crippen LogP contribution in [-0.4, -0.2) is 31.6 Å². The van der Waals surface area contributed by atoms with Gasteiger partial charge in [0.15, 0.2) is 0 Å². The molecule has 0 saturated carbocycles. The van der Waals surface area contributed by atoms with Crippen LogP contribution in [0.2, 0.25) is 0 Å². The van der Waals surface area contributed by atoms with Gasteiger partial charge in [0.05, 0.1) is 11.4 Å². The zero-order valence-electron chi connectivity index (χ0n) is 10.4. The number of hydrogen-bond acceptors (Lipinski definition) is 5.